The molecule has 0 aromatic heterocycles. The first-order valence-electron chi connectivity index (χ1n) is 5.68. The minimum absolute atomic E-state index is 0.0768. The summed E-state index contributed by atoms with van der Waals surface area (Å²) in [4.78, 5) is 0. The van der Waals surface area contributed by atoms with E-state index in [-0.39, 0.29) is 18.1 Å². The molecule has 84 valence electrons. The lowest BCUT2D eigenvalue weighted by Crippen LogP contribution is -2.39. The minimum atomic E-state index is -0.379. The minimum Gasteiger partial charge on any atom is -0.393 e. The molecule has 0 amide bonds. The van der Waals surface area contributed by atoms with Gasteiger partial charge in [0.2, 0.25) is 0 Å². The molecule has 0 saturated heterocycles. The highest BCUT2D eigenvalue weighted by molar-refractivity contribution is 4.87. The van der Waals surface area contributed by atoms with Crippen LogP contribution < -0.4 is 0 Å². The van der Waals surface area contributed by atoms with Crippen molar-refractivity contribution in [3.63, 3.8) is 0 Å². The molecule has 0 heterocycles. The molecule has 0 aliphatic heterocycles. The Hall–Kier alpha value is -0.0800. The van der Waals surface area contributed by atoms with Crippen LogP contribution in [0, 0.1) is 17.3 Å². The Kier molecular flexibility index (Phi) is 3.59. The predicted octanol–water partition coefficient (Wildman–Crippen LogP) is 2.19. The van der Waals surface area contributed by atoms with Crippen LogP contribution >= 0.6 is 0 Å². The van der Waals surface area contributed by atoms with E-state index in [0.717, 1.165) is 19.3 Å². The molecule has 0 aromatic rings. The van der Waals surface area contributed by atoms with Crippen LogP contribution in [0.4, 0.5) is 0 Å². The zero-order valence-electron chi connectivity index (χ0n) is 9.83. The van der Waals surface area contributed by atoms with E-state index >= 15 is 0 Å². The smallest absolute Gasteiger partial charge is 0.0593 e. The average molecular weight is 200 g/mol. The molecule has 1 aliphatic carbocycles. The molecule has 2 N–H and O–H groups in total. The van der Waals surface area contributed by atoms with Crippen molar-refractivity contribution in [1.29, 1.82) is 0 Å². The normalized spacial score (nSPS) is 36.9. The van der Waals surface area contributed by atoms with Crippen LogP contribution in [0.5, 0.6) is 0 Å². The number of aliphatic hydroxyl groups excluding tert-OH is 2. The van der Waals surface area contributed by atoms with Crippen molar-refractivity contribution >= 4 is 0 Å². The summed E-state index contributed by atoms with van der Waals surface area (Å²) in [6, 6.07) is 0. The highest BCUT2D eigenvalue weighted by atomic mass is 16.3. The molecular formula is C12H24O2. The van der Waals surface area contributed by atoms with Gasteiger partial charge in [0.1, 0.15) is 0 Å². The maximum Gasteiger partial charge on any atom is 0.0593 e. The van der Waals surface area contributed by atoms with Crippen molar-refractivity contribution in [3.8, 4) is 0 Å². The van der Waals surface area contributed by atoms with Gasteiger partial charge < -0.3 is 10.2 Å². The highest BCUT2D eigenvalue weighted by Crippen LogP contribution is 2.41. The van der Waals surface area contributed by atoms with Gasteiger partial charge in [-0.1, -0.05) is 20.8 Å². The van der Waals surface area contributed by atoms with Crippen molar-refractivity contribution in [2.45, 2.75) is 59.2 Å². The average Bonchev–Trinajstić information content (AvgIpc) is 2.02. The molecule has 4 unspecified atom stereocenters. The van der Waals surface area contributed by atoms with E-state index in [1.165, 1.54) is 0 Å². The lowest BCUT2D eigenvalue weighted by atomic mass is 9.67. The fourth-order valence-electron chi connectivity index (χ4n) is 2.49. The van der Waals surface area contributed by atoms with Crippen LogP contribution in [0.25, 0.3) is 0 Å². The van der Waals surface area contributed by atoms with Crippen molar-refractivity contribution in [2.24, 2.45) is 17.3 Å². The van der Waals surface area contributed by atoms with Crippen molar-refractivity contribution in [2.75, 3.05) is 0 Å². The van der Waals surface area contributed by atoms with E-state index in [1.807, 2.05) is 0 Å². The number of aliphatic hydroxyl groups is 2. The summed E-state index contributed by atoms with van der Waals surface area (Å²) in [6.45, 7) is 8.52. The molecule has 0 radical (unpaired) electrons. The number of hydrogen-bond donors (Lipinski definition) is 2. The van der Waals surface area contributed by atoms with E-state index in [0.29, 0.717) is 11.3 Å². The molecule has 0 aromatic carbocycles. The Morgan fingerprint density at radius 2 is 1.79 bits per heavy atom. The van der Waals surface area contributed by atoms with Crippen LogP contribution in [-0.4, -0.2) is 22.4 Å². The molecule has 2 nitrogen and oxygen atoms in total. The summed E-state index contributed by atoms with van der Waals surface area (Å²) in [6.07, 6.45) is 2.22. The van der Waals surface area contributed by atoms with Gasteiger partial charge >= 0.3 is 0 Å². The van der Waals surface area contributed by atoms with E-state index in [4.69, 9.17) is 0 Å². The van der Waals surface area contributed by atoms with Gasteiger partial charge in [-0.25, -0.2) is 0 Å². The SMILES string of the molecule is CC(O)C1CC(C(C)(C)C)CCC1O. The van der Waals surface area contributed by atoms with Gasteiger partial charge in [-0.3, -0.25) is 0 Å². The maximum atomic E-state index is 9.76. The second-order valence-corrected chi connectivity index (χ2v) is 5.85. The van der Waals surface area contributed by atoms with E-state index in [2.05, 4.69) is 20.8 Å². The van der Waals surface area contributed by atoms with Crippen molar-refractivity contribution in [1.82, 2.24) is 0 Å². The van der Waals surface area contributed by atoms with Crippen molar-refractivity contribution < 1.29 is 10.2 Å². The topological polar surface area (TPSA) is 40.5 Å². The molecule has 4 atom stereocenters. The molecule has 1 saturated carbocycles. The third-order valence-corrected chi connectivity index (χ3v) is 3.71. The largest absolute Gasteiger partial charge is 0.393 e. The zero-order chi connectivity index (χ0) is 10.9. The zero-order valence-corrected chi connectivity index (χ0v) is 9.83. The van der Waals surface area contributed by atoms with Crippen LogP contribution in [0.2, 0.25) is 0 Å². The third-order valence-electron chi connectivity index (χ3n) is 3.71. The van der Waals surface area contributed by atoms with Gasteiger partial charge in [-0.2, -0.15) is 0 Å². The van der Waals surface area contributed by atoms with Gasteiger partial charge in [0.05, 0.1) is 12.2 Å². The van der Waals surface area contributed by atoms with Gasteiger partial charge in [0.15, 0.2) is 0 Å². The summed E-state index contributed by atoms with van der Waals surface area (Å²) >= 11 is 0. The number of hydrogen-bond acceptors (Lipinski definition) is 2. The Morgan fingerprint density at radius 3 is 2.21 bits per heavy atom. The first kappa shape index (κ1) is 12.0. The Morgan fingerprint density at radius 1 is 1.21 bits per heavy atom. The standard InChI is InChI=1S/C12H24O2/c1-8(13)10-7-9(12(2,3)4)5-6-11(10)14/h8-11,13-14H,5-7H2,1-4H3. The fraction of sp³-hybridized carbons (Fsp3) is 1.00. The van der Waals surface area contributed by atoms with E-state index < -0.39 is 0 Å². The molecular weight excluding hydrogens is 176 g/mol. The molecule has 2 heteroatoms. The Bertz CT molecular complexity index is 181. The Balaban J connectivity index is 2.62. The van der Waals surface area contributed by atoms with Gasteiger partial charge in [-0.05, 0) is 37.5 Å². The lowest BCUT2D eigenvalue weighted by Gasteiger charge is -2.41. The third kappa shape index (κ3) is 2.71. The lowest BCUT2D eigenvalue weighted by molar-refractivity contribution is -0.0365. The summed E-state index contributed by atoms with van der Waals surface area (Å²) in [5.41, 5.74) is 0.299. The first-order valence-corrected chi connectivity index (χ1v) is 5.68. The molecule has 14 heavy (non-hydrogen) atoms. The first-order chi connectivity index (χ1) is 6.32. The summed E-state index contributed by atoms with van der Waals surface area (Å²) < 4.78 is 0. The Labute approximate surface area is 87.3 Å². The van der Waals surface area contributed by atoms with Crippen LogP contribution in [0.3, 0.4) is 0 Å². The van der Waals surface area contributed by atoms with Gasteiger partial charge in [0, 0.05) is 5.92 Å². The predicted molar refractivity (Wildman–Crippen MR) is 58.0 cm³/mol. The fourth-order valence-corrected chi connectivity index (χ4v) is 2.49. The van der Waals surface area contributed by atoms with Crippen LogP contribution in [0.1, 0.15) is 47.0 Å². The molecule has 0 spiro atoms. The molecule has 1 fully saturated rings. The van der Waals surface area contributed by atoms with E-state index in [1.54, 1.807) is 6.92 Å². The monoisotopic (exact) mass is 200 g/mol. The second-order valence-electron chi connectivity index (χ2n) is 5.85. The molecule has 1 rings (SSSR count). The van der Waals surface area contributed by atoms with Crippen LogP contribution in [0.15, 0.2) is 0 Å². The highest BCUT2D eigenvalue weighted by Gasteiger charge is 2.36. The second kappa shape index (κ2) is 4.19. The summed E-state index contributed by atoms with van der Waals surface area (Å²) in [5, 5.41) is 19.3. The summed E-state index contributed by atoms with van der Waals surface area (Å²) in [7, 11) is 0. The van der Waals surface area contributed by atoms with Gasteiger partial charge in [0.25, 0.3) is 0 Å². The van der Waals surface area contributed by atoms with E-state index in [9.17, 15) is 10.2 Å². The summed E-state index contributed by atoms with van der Waals surface area (Å²) in [5.74, 6) is 0.707. The molecule has 1 aliphatic rings. The van der Waals surface area contributed by atoms with Gasteiger partial charge in [-0.15, -0.1) is 0 Å². The number of rotatable bonds is 1. The molecule has 0 bridgehead atoms. The van der Waals surface area contributed by atoms with Crippen molar-refractivity contribution in [3.05, 3.63) is 0 Å². The maximum absolute atomic E-state index is 9.76. The quantitative estimate of drug-likeness (QED) is 0.681. The van der Waals surface area contributed by atoms with Crippen LogP contribution in [-0.2, 0) is 0 Å².